The first kappa shape index (κ1) is 17.4. The summed E-state index contributed by atoms with van der Waals surface area (Å²) in [6.45, 7) is 4.24. The minimum absolute atomic E-state index is 0.267. The summed E-state index contributed by atoms with van der Waals surface area (Å²) in [6, 6.07) is 17.6. The summed E-state index contributed by atoms with van der Waals surface area (Å²) in [4.78, 5) is 0. The van der Waals surface area contributed by atoms with Crippen molar-refractivity contribution in [2.24, 2.45) is 0 Å². The average Bonchev–Trinajstić information content (AvgIpc) is 2.41. The molecule has 0 aliphatic heterocycles. The molecular formula is C14H14I4-2. The van der Waals surface area contributed by atoms with Crippen molar-refractivity contribution < 1.29 is 34.5 Å². The van der Waals surface area contributed by atoms with Crippen LogP contribution in [-0.4, -0.2) is 0 Å². The molecule has 0 heterocycles. The Labute approximate surface area is 150 Å². The average molecular weight is 690 g/mol. The molecule has 0 saturated heterocycles. The van der Waals surface area contributed by atoms with Crippen LogP contribution in [0.15, 0.2) is 48.5 Å². The van der Waals surface area contributed by atoms with Crippen molar-refractivity contribution in [2.45, 2.75) is 13.8 Å². The summed E-state index contributed by atoms with van der Waals surface area (Å²) >= 11 is 5.48. The van der Waals surface area contributed by atoms with E-state index in [0.29, 0.717) is 0 Å². The molecule has 0 saturated carbocycles. The molecule has 0 aliphatic rings. The van der Waals surface area contributed by atoms with Crippen LogP contribution in [-0.2, 0) is 0 Å². The number of rotatable bonds is 2. The maximum atomic E-state index is 2.48. The van der Waals surface area contributed by atoms with Crippen LogP contribution < -0.4 is 34.5 Å². The van der Waals surface area contributed by atoms with Crippen LogP contribution in [0.2, 0.25) is 0 Å². The molecule has 0 aliphatic carbocycles. The van der Waals surface area contributed by atoms with Crippen LogP contribution in [0.3, 0.4) is 0 Å². The van der Waals surface area contributed by atoms with Gasteiger partial charge in [-0.1, -0.05) is 0 Å². The second-order valence-electron chi connectivity index (χ2n) is 3.73. The summed E-state index contributed by atoms with van der Waals surface area (Å²) in [7, 11) is 0. The zero-order valence-corrected chi connectivity index (χ0v) is 18.8. The van der Waals surface area contributed by atoms with E-state index in [1.165, 1.54) is 18.3 Å². The molecule has 0 amide bonds. The molecule has 2 aromatic carbocycles. The number of benzene rings is 2. The van der Waals surface area contributed by atoms with E-state index in [4.69, 9.17) is 0 Å². The third-order valence-electron chi connectivity index (χ3n) is 2.19. The molecule has 0 N–H and O–H groups in total. The normalized spacial score (nSPS) is 10.0. The zero-order chi connectivity index (χ0) is 13.4. The Morgan fingerprint density at radius 1 is 0.611 bits per heavy atom. The number of aryl methyl sites for hydroxylation is 2. The van der Waals surface area contributed by atoms with Crippen molar-refractivity contribution in [3.8, 4) is 0 Å². The Kier molecular flexibility index (Phi) is 9.81. The van der Waals surface area contributed by atoms with Crippen LogP contribution >= 0.6 is 37.2 Å². The van der Waals surface area contributed by atoms with Gasteiger partial charge >= 0.3 is 152 Å². The van der Waals surface area contributed by atoms with E-state index in [2.05, 4.69) is 99.6 Å². The molecule has 0 atom stereocenters. The fraction of sp³-hybridized carbons (Fsp3) is 0.143. The molecule has 2 aromatic rings. The van der Waals surface area contributed by atoms with Crippen LogP contribution in [0.4, 0.5) is 0 Å². The minimum atomic E-state index is 0.267. The van der Waals surface area contributed by atoms with Gasteiger partial charge < -0.3 is 0 Å². The quantitative estimate of drug-likeness (QED) is 0.363. The monoisotopic (exact) mass is 690 g/mol. The van der Waals surface area contributed by atoms with E-state index in [9.17, 15) is 0 Å². The van der Waals surface area contributed by atoms with Gasteiger partial charge in [-0.3, -0.25) is 0 Å². The van der Waals surface area contributed by atoms with Gasteiger partial charge in [0.05, 0.1) is 0 Å². The number of halogens is 4. The molecule has 0 nitrogen and oxygen atoms in total. The predicted molar refractivity (Wildman–Crippen MR) is 87.8 cm³/mol. The first-order chi connectivity index (χ1) is 8.65. The van der Waals surface area contributed by atoms with Crippen molar-refractivity contribution >= 4 is 37.2 Å². The Balaban J connectivity index is 0.000000180. The van der Waals surface area contributed by atoms with Gasteiger partial charge in [0, 0.05) is 0 Å². The second-order valence-corrected chi connectivity index (χ2v) is 12.5. The standard InChI is InChI=1S/2C7H7I2/c2*1-6-2-4-7(9-8)5-3-6/h2*2-5H,1H3/q2*-1. The van der Waals surface area contributed by atoms with Gasteiger partial charge in [-0.15, -0.1) is 0 Å². The molecule has 100 valence electrons. The van der Waals surface area contributed by atoms with Gasteiger partial charge in [0.1, 0.15) is 0 Å². The van der Waals surface area contributed by atoms with Gasteiger partial charge in [0.15, 0.2) is 0 Å². The van der Waals surface area contributed by atoms with Gasteiger partial charge in [-0.2, -0.15) is 0 Å². The summed E-state index contributed by atoms with van der Waals surface area (Å²) in [6.07, 6.45) is 0. The van der Waals surface area contributed by atoms with Gasteiger partial charge in [0.25, 0.3) is 0 Å². The van der Waals surface area contributed by atoms with Crippen LogP contribution in [0, 0.1) is 21.0 Å². The number of hydrogen-bond donors (Lipinski definition) is 0. The molecule has 18 heavy (non-hydrogen) atoms. The molecule has 0 aromatic heterocycles. The van der Waals surface area contributed by atoms with Crippen molar-refractivity contribution in [3.63, 3.8) is 0 Å². The van der Waals surface area contributed by atoms with Crippen LogP contribution in [0.5, 0.6) is 0 Å². The van der Waals surface area contributed by atoms with Gasteiger partial charge in [-0.25, -0.2) is 0 Å². The molecule has 0 bridgehead atoms. The second kappa shape index (κ2) is 10.1. The third-order valence-corrected chi connectivity index (χ3v) is 10.9. The van der Waals surface area contributed by atoms with E-state index >= 15 is 0 Å². The Bertz CT molecular complexity index is 403. The van der Waals surface area contributed by atoms with E-state index in [1.54, 1.807) is 0 Å². The maximum absolute atomic E-state index is 2.48. The molecule has 4 heteroatoms. The fourth-order valence-corrected chi connectivity index (χ4v) is 6.07. The SMILES string of the molecule is Cc1ccc([I-]I)cc1.Cc1ccc([I-]I)cc1. The van der Waals surface area contributed by atoms with Crippen LogP contribution in [0.25, 0.3) is 0 Å². The summed E-state index contributed by atoms with van der Waals surface area (Å²) in [5.74, 6) is 0. The molecule has 0 radical (unpaired) electrons. The molecule has 2 rings (SSSR count). The van der Waals surface area contributed by atoms with Gasteiger partial charge in [-0.05, 0) is 0 Å². The fourth-order valence-electron chi connectivity index (χ4n) is 1.16. The molecule has 0 spiro atoms. The van der Waals surface area contributed by atoms with E-state index in [0.717, 1.165) is 0 Å². The Morgan fingerprint density at radius 3 is 1.11 bits per heavy atom. The molecule has 0 unspecified atom stereocenters. The summed E-state index contributed by atoms with van der Waals surface area (Å²) < 4.78 is 3.03. The zero-order valence-electron chi connectivity index (χ0n) is 10.1. The Morgan fingerprint density at radius 2 is 0.889 bits per heavy atom. The number of hydrogen-bond acceptors (Lipinski definition) is 0. The summed E-state index contributed by atoms with van der Waals surface area (Å²) in [5, 5.41) is 0. The molecule has 0 fully saturated rings. The van der Waals surface area contributed by atoms with E-state index in [1.807, 2.05) is 0 Å². The Hall–Kier alpha value is 1.36. The topological polar surface area (TPSA) is 0 Å². The summed E-state index contributed by atoms with van der Waals surface area (Å²) in [5.41, 5.74) is 2.71. The van der Waals surface area contributed by atoms with Crippen molar-refractivity contribution in [1.29, 1.82) is 0 Å². The predicted octanol–water partition coefficient (Wildman–Crippen LogP) is -0.793. The van der Waals surface area contributed by atoms with Crippen molar-refractivity contribution in [1.82, 2.24) is 0 Å². The van der Waals surface area contributed by atoms with Crippen molar-refractivity contribution in [2.75, 3.05) is 0 Å². The first-order valence-corrected chi connectivity index (χ1v) is 20.0. The molecular weight excluding hydrogens is 676 g/mol. The van der Waals surface area contributed by atoms with Crippen molar-refractivity contribution in [3.05, 3.63) is 66.8 Å². The van der Waals surface area contributed by atoms with Gasteiger partial charge in [0.2, 0.25) is 0 Å². The van der Waals surface area contributed by atoms with E-state index in [-0.39, 0.29) is 34.5 Å². The van der Waals surface area contributed by atoms with Crippen LogP contribution in [0.1, 0.15) is 11.1 Å². The third kappa shape index (κ3) is 7.22. The first-order valence-electron chi connectivity index (χ1n) is 5.31. The van der Waals surface area contributed by atoms with E-state index < -0.39 is 0 Å².